The molecule has 0 aliphatic carbocycles. The third-order valence-electron chi connectivity index (χ3n) is 5.23. The molecule has 1 aromatic carbocycles. The average molecular weight is 436 g/mol. The van der Waals surface area contributed by atoms with Crippen molar-refractivity contribution in [2.45, 2.75) is 12.8 Å². The minimum atomic E-state index is -0.244. The summed E-state index contributed by atoms with van der Waals surface area (Å²) >= 11 is 5.90. The van der Waals surface area contributed by atoms with Crippen molar-refractivity contribution in [3.05, 3.63) is 77.7 Å². The summed E-state index contributed by atoms with van der Waals surface area (Å²) in [5, 5.41) is 6.37. The van der Waals surface area contributed by atoms with Crippen LogP contribution in [0.1, 0.15) is 23.2 Å². The molecule has 2 aromatic heterocycles. The van der Waals surface area contributed by atoms with Crippen LogP contribution in [0.4, 0.5) is 17.2 Å². The molecular formula is C23H22ClN5O2. The Hall–Kier alpha value is -3.45. The summed E-state index contributed by atoms with van der Waals surface area (Å²) < 4.78 is 0. The molecule has 158 valence electrons. The van der Waals surface area contributed by atoms with E-state index in [-0.39, 0.29) is 17.7 Å². The van der Waals surface area contributed by atoms with Gasteiger partial charge >= 0.3 is 0 Å². The number of nitrogens with zero attached hydrogens (tertiary/aromatic N) is 3. The van der Waals surface area contributed by atoms with Gasteiger partial charge in [-0.3, -0.25) is 14.6 Å². The average Bonchev–Trinajstić information content (AvgIpc) is 2.80. The summed E-state index contributed by atoms with van der Waals surface area (Å²) in [4.78, 5) is 35.7. The molecule has 8 heteroatoms. The topological polar surface area (TPSA) is 87.2 Å². The van der Waals surface area contributed by atoms with Crippen molar-refractivity contribution in [3.63, 3.8) is 0 Å². The molecule has 31 heavy (non-hydrogen) atoms. The van der Waals surface area contributed by atoms with Crippen LogP contribution in [0.25, 0.3) is 0 Å². The van der Waals surface area contributed by atoms with Gasteiger partial charge in [-0.05, 0) is 55.3 Å². The molecule has 1 saturated heterocycles. The number of carbonyl (C=O) groups excluding carboxylic acids is 2. The van der Waals surface area contributed by atoms with E-state index in [9.17, 15) is 9.59 Å². The van der Waals surface area contributed by atoms with Gasteiger partial charge in [0.05, 0.1) is 5.02 Å². The SMILES string of the molecule is O=C(Nc1ccncc1)c1cccc(NC(=O)C2CCN(c3ccc(Cl)cn3)CC2)c1. The molecule has 1 aliphatic rings. The number of piperidine rings is 1. The monoisotopic (exact) mass is 435 g/mol. The van der Waals surface area contributed by atoms with Crippen molar-refractivity contribution in [1.29, 1.82) is 0 Å². The van der Waals surface area contributed by atoms with Crippen LogP contribution in [0.3, 0.4) is 0 Å². The summed E-state index contributed by atoms with van der Waals surface area (Å²) in [5.74, 6) is 0.510. The fourth-order valence-corrected chi connectivity index (χ4v) is 3.66. The first-order chi connectivity index (χ1) is 15.1. The second kappa shape index (κ2) is 9.57. The van der Waals surface area contributed by atoms with Crippen molar-refractivity contribution < 1.29 is 9.59 Å². The highest BCUT2D eigenvalue weighted by atomic mass is 35.5. The third kappa shape index (κ3) is 5.38. The number of anilines is 3. The van der Waals surface area contributed by atoms with Crippen molar-refractivity contribution in [1.82, 2.24) is 9.97 Å². The quantitative estimate of drug-likeness (QED) is 0.626. The summed E-state index contributed by atoms with van der Waals surface area (Å²) in [6, 6.07) is 14.1. The highest BCUT2D eigenvalue weighted by Crippen LogP contribution is 2.24. The van der Waals surface area contributed by atoms with Crippen molar-refractivity contribution in [2.75, 3.05) is 28.6 Å². The van der Waals surface area contributed by atoms with Crippen LogP contribution in [0.5, 0.6) is 0 Å². The zero-order valence-corrected chi connectivity index (χ0v) is 17.5. The first-order valence-electron chi connectivity index (χ1n) is 10.1. The Kier molecular flexibility index (Phi) is 6.43. The number of amides is 2. The zero-order valence-electron chi connectivity index (χ0n) is 16.8. The maximum absolute atomic E-state index is 12.8. The van der Waals surface area contributed by atoms with Crippen LogP contribution in [-0.2, 0) is 4.79 Å². The number of hydrogen-bond donors (Lipinski definition) is 2. The maximum atomic E-state index is 12.8. The summed E-state index contributed by atoms with van der Waals surface area (Å²) in [7, 11) is 0. The normalized spacial score (nSPS) is 14.2. The lowest BCUT2D eigenvalue weighted by molar-refractivity contribution is -0.120. The smallest absolute Gasteiger partial charge is 0.255 e. The van der Waals surface area contributed by atoms with Crippen molar-refractivity contribution in [2.24, 2.45) is 5.92 Å². The fraction of sp³-hybridized carbons (Fsp3) is 0.217. The molecule has 3 heterocycles. The van der Waals surface area contributed by atoms with Crippen molar-refractivity contribution >= 4 is 40.6 Å². The number of rotatable bonds is 5. The number of benzene rings is 1. The van der Waals surface area contributed by atoms with Crippen LogP contribution >= 0.6 is 11.6 Å². The van der Waals surface area contributed by atoms with Crippen LogP contribution in [-0.4, -0.2) is 34.9 Å². The van der Waals surface area contributed by atoms with Gasteiger partial charge in [0.25, 0.3) is 5.91 Å². The number of halogens is 1. The summed E-state index contributed by atoms with van der Waals surface area (Å²) in [6.07, 6.45) is 6.32. The number of hydrogen-bond acceptors (Lipinski definition) is 5. The number of nitrogens with one attached hydrogen (secondary N) is 2. The van der Waals surface area contributed by atoms with Gasteiger partial charge < -0.3 is 15.5 Å². The minimum Gasteiger partial charge on any atom is -0.357 e. The minimum absolute atomic E-state index is 0.0320. The Labute approximate surface area is 185 Å². The van der Waals surface area contributed by atoms with E-state index in [0.717, 1.165) is 31.7 Å². The lowest BCUT2D eigenvalue weighted by Gasteiger charge is -2.32. The van der Waals surface area contributed by atoms with E-state index >= 15 is 0 Å². The van der Waals surface area contributed by atoms with Gasteiger partial charge in [0.15, 0.2) is 0 Å². The highest BCUT2D eigenvalue weighted by molar-refractivity contribution is 6.30. The van der Waals surface area contributed by atoms with Gasteiger partial charge in [0, 0.05) is 54.5 Å². The molecule has 3 aromatic rings. The second-order valence-electron chi connectivity index (χ2n) is 7.36. The molecule has 1 fully saturated rings. The Bertz CT molecular complexity index is 1050. The van der Waals surface area contributed by atoms with Crippen LogP contribution in [0.2, 0.25) is 5.02 Å². The van der Waals surface area contributed by atoms with Gasteiger partial charge in [-0.25, -0.2) is 4.98 Å². The number of carbonyl (C=O) groups is 2. The van der Waals surface area contributed by atoms with Gasteiger partial charge in [-0.2, -0.15) is 0 Å². The highest BCUT2D eigenvalue weighted by Gasteiger charge is 2.25. The molecule has 0 atom stereocenters. The van der Waals surface area contributed by atoms with E-state index in [1.54, 1.807) is 55.0 Å². The number of pyridine rings is 2. The Morgan fingerprint density at radius 1 is 0.968 bits per heavy atom. The van der Waals surface area contributed by atoms with Crippen LogP contribution in [0, 0.1) is 5.92 Å². The predicted molar refractivity (Wildman–Crippen MR) is 121 cm³/mol. The zero-order chi connectivity index (χ0) is 21.6. The lowest BCUT2D eigenvalue weighted by Crippen LogP contribution is -2.38. The van der Waals surface area contributed by atoms with E-state index in [4.69, 9.17) is 11.6 Å². The largest absolute Gasteiger partial charge is 0.357 e. The molecule has 7 nitrogen and oxygen atoms in total. The van der Waals surface area contributed by atoms with Crippen molar-refractivity contribution in [3.8, 4) is 0 Å². The molecule has 2 amide bonds. The molecule has 0 saturated carbocycles. The first kappa shape index (κ1) is 20.8. The molecular weight excluding hydrogens is 414 g/mol. The Balaban J connectivity index is 1.33. The van der Waals surface area contributed by atoms with Crippen LogP contribution in [0.15, 0.2) is 67.1 Å². The van der Waals surface area contributed by atoms with E-state index in [2.05, 4.69) is 25.5 Å². The standard InChI is InChI=1S/C23H22ClN5O2/c24-18-4-5-21(26-15-18)29-12-8-16(9-13-29)22(30)28-20-3-1-2-17(14-20)23(31)27-19-6-10-25-11-7-19/h1-7,10-11,14-16H,8-9,12-13H2,(H,28,30)(H,25,27,31). The van der Waals surface area contributed by atoms with E-state index in [1.807, 2.05) is 12.1 Å². The number of aromatic nitrogens is 2. The van der Waals surface area contributed by atoms with Gasteiger partial charge in [0.1, 0.15) is 5.82 Å². The molecule has 0 unspecified atom stereocenters. The predicted octanol–water partition coefficient (Wildman–Crippen LogP) is 4.24. The summed E-state index contributed by atoms with van der Waals surface area (Å²) in [5.41, 5.74) is 1.74. The maximum Gasteiger partial charge on any atom is 0.255 e. The van der Waals surface area contributed by atoms with Gasteiger partial charge in [-0.1, -0.05) is 17.7 Å². The van der Waals surface area contributed by atoms with E-state index in [1.165, 1.54) is 0 Å². The fourth-order valence-electron chi connectivity index (χ4n) is 3.55. The Morgan fingerprint density at radius 2 is 1.74 bits per heavy atom. The molecule has 0 radical (unpaired) electrons. The first-order valence-corrected chi connectivity index (χ1v) is 10.4. The summed E-state index contributed by atoms with van der Waals surface area (Å²) in [6.45, 7) is 1.50. The third-order valence-corrected chi connectivity index (χ3v) is 5.46. The Morgan fingerprint density at radius 3 is 2.45 bits per heavy atom. The van der Waals surface area contributed by atoms with Crippen LogP contribution < -0.4 is 15.5 Å². The molecule has 4 rings (SSSR count). The van der Waals surface area contributed by atoms with Gasteiger partial charge in [0.2, 0.25) is 5.91 Å². The second-order valence-corrected chi connectivity index (χ2v) is 7.79. The molecule has 2 N–H and O–H groups in total. The molecule has 0 bridgehead atoms. The molecule has 1 aliphatic heterocycles. The van der Waals surface area contributed by atoms with Gasteiger partial charge in [-0.15, -0.1) is 0 Å². The van der Waals surface area contributed by atoms with E-state index < -0.39 is 0 Å². The molecule has 0 spiro atoms. The lowest BCUT2D eigenvalue weighted by atomic mass is 9.95. The van der Waals surface area contributed by atoms with E-state index in [0.29, 0.717) is 22.0 Å².